The Morgan fingerprint density at radius 1 is 1.35 bits per heavy atom. The molecule has 0 spiro atoms. The lowest BCUT2D eigenvalue weighted by molar-refractivity contribution is -0.138. The lowest BCUT2D eigenvalue weighted by atomic mass is 10.0. The van der Waals surface area contributed by atoms with Gasteiger partial charge in [0.2, 0.25) is 0 Å². The molecule has 1 atom stereocenters. The number of ether oxygens (including phenoxy) is 1. The standard InChI is InChI=1S/C14H26N2O4/c1-3-11(8-12(17)18)9-15-13(19)16-10-14(4-5-14)6-7-20-2/h11H,3-10H2,1-2H3,(H,17,18)(H2,15,16,19). The van der Waals surface area contributed by atoms with Gasteiger partial charge in [0.1, 0.15) is 0 Å². The molecule has 2 amide bonds. The highest BCUT2D eigenvalue weighted by Crippen LogP contribution is 2.48. The van der Waals surface area contributed by atoms with Crippen molar-refractivity contribution in [2.45, 2.75) is 39.0 Å². The number of urea groups is 1. The Kier molecular flexibility index (Phi) is 6.78. The van der Waals surface area contributed by atoms with Crippen LogP contribution < -0.4 is 10.6 Å². The summed E-state index contributed by atoms with van der Waals surface area (Å²) in [4.78, 5) is 22.3. The average Bonchev–Trinajstić information content (AvgIpc) is 3.19. The second-order valence-corrected chi connectivity index (χ2v) is 5.68. The predicted octanol–water partition coefficient (Wildman–Crippen LogP) is 1.60. The van der Waals surface area contributed by atoms with Crippen molar-refractivity contribution in [3.63, 3.8) is 0 Å². The third kappa shape index (κ3) is 6.23. The molecule has 1 saturated carbocycles. The fourth-order valence-corrected chi connectivity index (χ4v) is 2.19. The summed E-state index contributed by atoms with van der Waals surface area (Å²) >= 11 is 0. The smallest absolute Gasteiger partial charge is 0.314 e. The minimum absolute atomic E-state index is 0.0124. The van der Waals surface area contributed by atoms with E-state index in [1.54, 1.807) is 7.11 Å². The molecule has 1 fully saturated rings. The summed E-state index contributed by atoms with van der Waals surface area (Å²) in [6.45, 7) is 3.72. The van der Waals surface area contributed by atoms with Crippen LogP contribution in [0.25, 0.3) is 0 Å². The molecule has 0 bridgehead atoms. The molecule has 1 unspecified atom stereocenters. The van der Waals surface area contributed by atoms with Crippen LogP contribution in [0.3, 0.4) is 0 Å². The monoisotopic (exact) mass is 286 g/mol. The van der Waals surface area contributed by atoms with Gasteiger partial charge in [-0.1, -0.05) is 13.3 Å². The van der Waals surface area contributed by atoms with E-state index in [1.807, 2.05) is 6.92 Å². The summed E-state index contributed by atoms with van der Waals surface area (Å²) in [5, 5.41) is 14.4. The average molecular weight is 286 g/mol. The van der Waals surface area contributed by atoms with Crippen LogP contribution in [0.4, 0.5) is 4.79 Å². The van der Waals surface area contributed by atoms with Gasteiger partial charge in [0, 0.05) is 33.2 Å². The highest BCUT2D eigenvalue weighted by atomic mass is 16.5. The van der Waals surface area contributed by atoms with Crippen LogP contribution in [-0.2, 0) is 9.53 Å². The maximum absolute atomic E-state index is 11.7. The van der Waals surface area contributed by atoms with Gasteiger partial charge in [-0.05, 0) is 30.6 Å². The summed E-state index contributed by atoms with van der Waals surface area (Å²) in [5.74, 6) is -0.836. The third-order valence-electron chi connectivity index (χ3n) is 4.01. The Hall–Kier alpha value is -1.30. The van der Waals surface area contributed by atoms with Crippen LogP contribution >= 0.6 is 0 Å². The second-order valence-electron chi connectivity index (χ2n) is 5.68. The van der Waals surface area contributed by atoms with Gasteiger partial charge in [-0.3, -0.25) is 4.79 Å². The van der Waals surface area contributed by atoms with Gasteiger partial charge in [0.15, 0.2) is 0 Å². The fourth-order valence-electron chi connectivity index (χ4n) is 2.19. The van der Waals surface area contributed by atoms with Crippen molar-refractivity contribution in [1.82, 2.24) is 10.6 Å². The van der Waals surface area contributed by atoms with E-state index in [4.69, 9.17) is 9.84 Å². The van der Waals surface area contributed by atoms with Gasteiger partial charge < -0.3 is 20.5 Å². The minimum Gasteiger partial charge on any atom is -0.481 e. The molecule has 20 heavy (non-hydrogen) atoms. The molecule has 116 valence electrons. The zero-order chi connectivity index (χ0) is 15.0. The maximum atomic E-state index is 11.7. The molecule has 1 rings (SSSR count). The lowest BCUT2D eigenvalue weighted by Gasteiger charge is -2.17. The zero-order valence-corrected chi connectivity index (χ0v) is 12.4. The number of hydrogen-bond acceptors (Lipinski definition) is 3. The number of amides is 2. The van der Waals surface area contributed by atoms with Gasteiger partial charge >= 0.3 is 12.0 Å². The van der Waals surface area contributed by atoms with Gasteiger partial charge in [0.05, 0.1) is 0 Å². The lowest BCUT2D eigenvalue weighted by Crippen LogP contribution is -2.41. The number of carboxylic acids is 1. The molecule has 0 aromatic rings. The molecule has 3 N–H and O–H groups in total. The first kappa shape index (κ1) is 16.8. The Labute approximate surface area is 120 Å². The second kappa shape index (κ2) is 8.09. The molecule has 6 nitrogen and oxygen atoms in total. The summed E-state index contributed by atoms with van der Waals surface area (Å²) in [6.07, 6.45) is 4.07. The number of nitrogens with one attached hydrogen (secondary N) is 2. The first-order valence-corrected chi connectivity index (χ1v) is 7.24. The molecule has 0 heterocycles. The van der Waals surface area contributed by atoms with Crippen molar-refractivity contribution in [1.29, 1.82) is 0 Å². The van der Waals surface area contributed by atoms with E-state index in [2.05, 4.69) is 10.6 Å². The van der Waals surface area contributed by atoms with E-state index in [1.165, 1.54) is 0 Å². The van der Waals surface area contributed by atoms with Crippen molar-refractivity contribution >= 4 is 12.0 Å². The number of carbonyl (C=O) groups is 2. The van der Waals surface area contributed by atoms with Crippen molar-refractivity contribution in [3.8, 4) is 0 Å². The van der Waals surface area contributed by atoms with E-state index in [-0.39, 0.29) is 23.8 Å². The van der Waals surface area contributed by atoms with Crippen LogP contribution in [0, 0.1) is 11.3 Å². The summed E-state index contributed by atoms with van der Waals surface area (Å²) < 4.78 is 5.07. The summed E-state index contributed by atoms with van der Waals surface area (Å²) in [7, 11) is 1.68. The van der Waals surface area contributed by atoms with Crippen molar-refractivity contribution in [2.24, 2.45) is 11.3 Å². The quantitative estimate of drug-likeness (QED) is 0.569. The van der Waals surface area contributed by atoms with Crippen molar-refractivity contribution in [2.75, 3.05) is 26.8 Å². The Morgan fingerprint density at radius 2 is 2.05 bits per heavy atom. The van der Waals surface area contributed by atoms with E-state index in [0.717, 1.165) is 32.3 Å². The highest BCUT2D eigenvalue weighted by Gasteiger charge is 2.42. The zero-order valence-electron chi connectivity index (χ0n) is 12.4. The minimum atomic E-state index is -0.824. The molecule has 0 aromatic carbocycles. The number of methoxy groups -OCH3 is 1. The number of rotatable bonds is 10. The van der Waals surface area contributed by atoms with Crippen molar-refractivity contribution in [3.05, 3.63) is 0 Å². The van der Waals surface area contributed by atoms with E-state index < -0.39 is 5.97 Å². The molecule has 0 aliphatic heterocycles. The SMILES string of the molecule is CCC(CNC(=O)NCC1(CCOC)CC1)CC(=O)O. The normalized spacial score (nSPS) is 17.3. The van der Waals surface area contributed by atoms with Crippen LogP contribution in [-0.4, -0.2) is 43.9 Å². The number of carbonyl (C=O) groups excluding carboxylic acids is 1. The van der Waals surface area contributed by atoms with Crippen LogP contribution in [0.15, 0.2) is 0 Å². The van der Waals surface area contributed by atoms with E-state index in [0.29, 0.717) is 13.1 Å². The van der Waals surface area contributed by atoms with E-state index >= 15 is 0 Å². The highest BCUT2D eigenvalue weighted by molar-refractivity contribution is 5.74. The van der Waals surface area contributed by atoms with Crippen LogP contribution in [0.2, 0.25) is 0 Å². The first-order chi connectivity index (χ1) is 9.51. The van der Waals surface area contributed by atoms with Crippen LogP contribution in [0.5, 0.6) is 0 Å². The molecular weight excluding hydrogens is 260 g/mol. The van der Waals surface area contributed by atoms with E-state index in [9.17, 15) is 9.59 Å². The van der Waals surface area contributed by atoms with Gasteiger partial charge in [-0.2, -0.15) is 0 Å². The number of carboxylic acid groups (broad SMARTS) is 1. The van der Waals surface area contributed by atoms with Gasteiger partial charge in [-0.25, -0.2) is 4.79 Å². The molecule has 1 aliphatic carbocycles. The summed E-state index contributed by atoms with van der Waals surface area (Å²) in [5.41, 5.74) is 0.221. The largest absolute Gasteiger partial charge is 0.481 e. The molecule has 6 heteroatoms. The van der Waals surface area contributed by atoms with Crippen molar-refractivity contribution < 1.29 is 19.4 Å². The predicted molar refractivity (Wildman–Crippen MR) is 75.6 cm³/mol. The molecular formula is C14H26N2O4. The number of aliphatic carboxylic acids is 1. The fraction of sp³-hybridized carbons (Fsp3) is 0.857. The third-order valence-corrected chi connectivity index (χ3v) is 4.01. The Balaban J connectivity index is 2.18. The first-order valence-electron chi connectivity index (χ1n) is 7.24. The molecule has 1 aliphatic rings. The topological polar surface area (TPSA) is 87.7 Å². The van der Waals surface area contributed by atoms with Crippen LogP contribution in [0.1, 0.15) is 39.0 Å². The Morgan fingerprint density at radius 3 is 2.55 bits per heavy atom. The molecule has 0 radical (unpaired) electrons. The Bertz CT molecular complexity index is 329. The maximum Gasteiger partial charge on any atom is 0.314 e. The number of hydrogen-bond donors (Lipinski definition) is 3. The summed E-state index contributed by atoms with van der Waals surface area (Å²) in [6, 6.07) is -0.211. The molecule has 0 saturated heterocycles. The van der Waals surface area contributed by atoms with Gasteiger partial charge in [0.25, 0.3) is 0 Å². The van der Waals surface area contributed by atoms with Gasteiger partial charge in [-0.15, -0.1) is 0 Å². The molecule has 0 aromatic heterocycles.